The monoisotopic (exact) mass is 377 g/mol. The summed E-state index contributed by atoms with van der Waals surface area (Å²) in [6.07, 6.45) is 10.0. The molecule has 0 unspecified atom stereocenters. The Morgan fingerprint density at radius 3 is 2.65 bits per heavy atom. The van der Waals surface area contributed by atoms with Gasteiger partial charge in [0, 0.05) is 11.0 Å². The fourth-order valence-electron chi connectivity index (χ4n) is 2.67. The highest BCUT2D eigenvalue weighted by atomic mass is 32.1. The Morgan fingerprint density at radius 2 is 1.92 bits per heavy atom. The Labute approximate surface area is 156 Å². The summed E-state index contributed by atoms with van der Waals surface area (Å²) in [5.74, 6) is -1.51. The molecule has 0 bridgehead atoms. The number of esters is 2. The van der Waals surface area contributed by atoms with E-state index in [1.807, 2.05) is 6.92 Å². The lowest BCUT2D eigenvalue weighted by atomic mass is 9.95. The van der Waals surface area contributed by atoms with Crippen molar-refractivity contribution in [1.29, 1.82) is 0 Å². The first kappa shape index (κ1) is 19.9. The highest BCUT2D eigenvalue weighted by Gasteiger charge is 2.27. The fraction of sp³-hybridized carbons (Fsp3) is 0.421. The molecule has 1 amide bonds. The summed E-state index contributed by atoms with van der Waals surface area (Å²) in [5, 5.41) is 3.17. The minimum absolute atomic E-state index is 0.271. The van der Waals surface area contributed by atoms with E-state index < -0.39 is 24.5 Å². The zero-order valence-corrected chi connectivity index (χ0v) is 15.8. The van der Waals surface area contributed by atoms with Crippen LogP contribution in [0.5, 0.6) is 0 Å². The Balaban J connectivity index is 2.06. The molecular formula is C19H23NO5S. The molecule has 26 heavy (non-hydrogen) atoms. The van der Waals surface area contributed by atoms with Crippen molar-refractivity contribution < 1.29 is 23.9 Å². The maximum Gasteiger partial charge on any atom is 0.341 e. The first-order chi connectivity index (χ1) is 12.6. The van der Waals surface area contributed by atoms with Gasteiger partial charge in [-0.2, -0.15) is 0 Å². The van der Waals surface area contributed by atoms with E-state index in [-0.39, 0.29) is 6.61 Å². The smallest absolute Gasteiger partial charge is 0.341 e. The average molecular weight is 377 g/mol. The van der Waals surface area contributed by atoms with Crippen LogP contribution < -0.4 is 5.32 Å². The molecule has 6 nitrogen and oxygen atoms in total. The topological polar surface area (TPSA) is 81.7 Å². The number of fused-ring (bicyclic) bond motifs is 1. The van der Waals surface area contributed by atoms with Crippen LogP contribution in [0.15, 0.2) is 24.3 Å². The van der Waals surface area contributed by atoms with Gasteiger partial charge in [-0.05, 0) is 45.1 Å². The van der Waals surface area contributed by atoms with Crippen LogP contribution in [0.3, 0.4) is 0 Å². The van der Waals surface area contributed by atoms with Gasteiger partial charge in [-0.3, -0.25) is 4.79 Å². The standard InChI is InChI=1S/C19H23NO5S/c1-3-5-6-11-16(22)25-12-15(21)20-18-17(19(23)24-4-2)13-9-7-8-10-14(13)26-18/h3,5-6,11H,4,7-10,12H2,1-2H3,(H,20,21). The molecule has 0 atom stereocenters. The Bertz CT molecular complexity index is 733. The molecule has 0 saturated carbocycles. The van der Waals surface area contributed by atoms with E-state index in [0.717, 1.165) is 36.1 Å². The second-order valence-electron chi connectivity index (χ2n) is 5.68. The van der Waals surface area contributed by atoms with Gasteiger partial charge in [0.1, 0.15) is 5.00 Å². The normalized spacial score (nSPS) is 13.6. The molecule has 1 aliphatic carbocycles. The van der Waals surface area contributed by atoms with Crippen molar-refractivity contribution in [3.8, 4) is 0 Å². The van der Waals surface area contributed by atoms with E-state index in [0.29, 0.717) is 10.6 Å². The molecule has 1 aromatic rings. The summed E-state index contributed by atoms with van der Waals surface area (Å²) in [6, 6.07) is 0. The van der Waals surface area contributed by atoms with Crippen molar-refractivity contribution in [3.63, 3.8) is 0 Å². The van der Waals surface area contributed by atoms with Crippen LogP contribution in [-0.4, -0.2) is 31.1 Å². The van der Waals surface area contributed by atoms with E-state index in [4.69, 9.17) is 9.47 Å². The minimum Gasteiger partial charge on any atom is -0.462 e. The highest BCUT2D eigenvalue weighted by molar-refractivity contribution is 7.17. The summed E-state index contributed by atoms with van der Waals surface area (Å²) in [7, 11) is 0. The number of ether oxygens (including phenoxy) is 2. The molecule has 1 N–H and O–H groups in total. The first-order valence-corrected chi connectivity index (χ1v) is 9.46. The SMILES string of the molecule is CC=CC=CC(=O)OCC(=O)Nc1sc2c(c1C(=O)OCC)CCCC2. The van der Waals surface area contributed by atoms with Gasteiger partial charge in [0.15, 0.2) is 6.61 Å². The number of carbonyl (C=O) groups is 3. The van der Waals surface area contributed by atoms with Crippen LogP contribution in [0.25, 0.3) is 0 Å². The molecule has 0 aliphatic heterocycles. The lowest BCUT2D eigenvalue weighted by Gasteiger charge is -2.12. The van der Waals surface area contributed by atoms with Crippen molar-refractivity contribution in [2.75, 3.05) is 18.5 Å². The van der Waals surface area contributed by atoms with Crippen LogP contribution >= 0.6 is 11.3 Å². The number of aryl methyl sites for hydroxylation is 1. The van der Waals surface area contributed by atoms with Crippen LogP contribution in [0.2, 0.25) is 0 Å². The summed E-state index contributed by atoms with van der Waals surface area (Å²) in [5.41, 5.74) is 1.42. The molecule has 1 heterocycles. The molecule has 0 saturated heterocycles. The van der Waals surface area contributed by atoms with E-state index in [1.54, 1.807) is 19.1 Å². The van der Waals surface area contributed by atoms with Crippen LogP contribution in [0.1, 0.15) is 47.5 Å². The maximum absolute atomic E-state index is 12.3. The van der Waals surface area contributed by atoms with Gasteiger partial charge in [0.05, 0.1) is 12.2 Å². The van der Waals surface area contributed by atoms with Crippen molar-refractivity contribution in [3.05, 3.63) is 40.3 Å². The fourth-order valence-corrected chi connectivity index (χ4v) is 3.96. The molecule has 140 valence electrons. The van der Waals surface area contributed by atoms with E-state index >= 15 is 0 Å². The second kappa shape index (κ2) is 9.91. The zero-order valence-electron chi connectivity index (χ0n) is 15.0. The summed E-state index contributed by atoms with van der Waals surface area (Å²) in [6.45, 7) is 3.43. The number of amides is 1. The van der Waals surface area contributed by atoms with Crippen molar-refractivity contribution in [2.45, 2.75) is 39.5 Å². The number of hydrogen-bond acceptors (Lipinski definition) is 6. The Hall–Kier alpha value is -2.41. The quantitative estimate of drug-likeness (QED) is 0.447. The molecule has 0 spiro atoms. The van der Waals surface area contributed by atoms with E-state index in [1.165, 1.54) is 23.5 Å². The second-order valence-corrected chi connectivity index (χ2v) is 6.78. The number of thiophene rings is 1. The van der Waals surface area contributed by atoms with Gasteiger partial charge in [-0.25, -0.2) is 9.59 Å². The predicted octanol–water partition coefficient (Wildman–Crippen LogP) is 3.42. The number of carbonyl (C=O) groups excluding carboxylic acids is 3. The Kier molecular flexibility index (Phi) is 7.59. The molecular weight excluding hydrogens is 354 g/mol. The van der Waals surface area contributed by atoms with Gasteiger partial charge in [0.25, 0.3) is 5.91 Å². The average Bonchev–Trinajstić information content (AvgIpc) is 2.98. The van der Waals surface area contributed by atoms with Gasteiger partial charge < -0.3 is 14.8 Å². The minimum atomic E-state index is -0.602. The molecule has 1 aromatic heterocycles. The van der Waals surface area contributed by atoms with Crippen molar-refractivity contribution in [1.82, 2.24) is 0 Å². The predicted molar refractivity (Wildman–Crippen MR) is 100 cm³/mol. The molecule has 7 heteroatoms. The van der Waals surface area contributed by atoms with Crippen molar-refractivity contribution in [2.24, 2.45) is 0 Å². The first-order valence-electron chi connectivity index (χ1n) is 8.64. The van der Waals surface area contributed by atoms with Crippen LogP contribution in [0, 0.1) is 0 Å². The third-order valence-corrected chi connectivity index (χ3v) is 4.99. The third-order valence-electron chi connectivity index (χ3n) is 3.79. The Morgan fingerprint density at radius 1 is 1.15 bits per heavy atom. The van der Waals surface area contributed by atoms with Gasteiger partial charge in [-0.1, -0.05) is 18.2 Å². The van der Waals surface area contributed by atoms with Crippen LogP contribution in [0.4, 0.5) is 5.00 Å². The number of nitrogens with one attached hydrogen (secondary N) is 1. The van der Waals surface area contributed by atoms with Gasteiger partial charge >= 0.3 is 11.9 Å². The lowest BCUT2D eigenvalue weighted by molar-refractivity contribution is -0.142. The van der Waals surface area contributed by atoms with Gasteiger partial charge in [-0.15, -0.1) is 11.3 Å². The molecule has 1 aliphatic rings. The molecule has 0 aromatic carbocycles. The highest BCUT2D eigenvalue weighted by Crippen LogP contribution is 2.38. The molecule has 2 rings (SSSR count). The number of hydrogen-bond donors (Lipinski definition) is 1. The lowest BCUT2D eigenvalue weighted by Crippen LogP contribution is -2.21. The van der Waals surface area contributed by atoms with E-state index in [9.17, 15) is 14.4 Å². The number of rotatable bonds is 7. The molecule has 0 fully saturated rings. The summed E-state index contributed by atoms with van der Waals surface area (Å²) >= 11 is 1.40. The largest absolute Gasteiger partial charge is 0.462 e. The number of allylic oxidation sites excluding steroid dienone is 3. The maximum atomic E-state index is 12.3. The number of anilines is 1. The zero-order chi connectivity index (χ0) is 18.9. The van der Waals surface area contributed by atoms with E-state index in [2.05, 4.69) is 5.32 Å². The van der Waals surface area contributed by atoms with Crippen LogP contribution in [-0.2, 0) is 31.9 Å². The van der Waals surface area contributed by atoms with Gasteiger partial charge in [0.2, 0.25) is 0 Å². The van der Waals surface area contributed by atoms with Crippen molar-refractivity contribution >= 4 is 34.2 Å². The summed E-state index contributed by atoms with van der Waals surface area (Å²) in [4.78, 5) is 37.1. The molecule has 0 radical (unpaired) electrons. The summed E-state index contributed by atoms with van der Waals surface area (Å²) < 4.78 is 10.0. The third kappa shape index (κ3) is 5.29.